The summed E-state index contributed by atoms with van der Waals surface area (Å²) in [6.45, 7) is 6.04. The molecule has 1 amide bonds. The lowest BCUT2D eigenvalue weighted by Gasteiger charge is -2.15. The number of carbonyl (C=O) groups excluding carboxylic acids is 1. The van der Waals surface area contributed by atoms with Crippen molar-refractivity contribution in [3.63, 3.8) is 0 Å². The molecular weight excluding hydrogens is 316 g/mol. The standard InChI is InChI=1S/C18H20N6O/c1-11-10-12(2)24(23-11)15-6-4-14(5-7-15)13(3)20-17-9-8-16(18(19)25)21-22-17/h4-10,13H,1-3H3,(H2,19,25)(H,20,22)/t13-/m1/s1. The van der Waals surface area contributed by atoms with Crippen LogP contribution in [0.3, 0.4) is 0 Å². The highest BCUT2D eigenvalue weighted by atomic mass is 16.1. The molecule has 0 saturated heterocycles. The van der Waals surface area contributed by atoms with E-state index in [1.54, 1.807) is 12.1 Å². The molecule has 1 atom stereocenters. The van der Waals surface area contributed by atoms with Gasteiger partial charge in [0.15, 0.2) is 5.69 Å². The number of primary amides is 1. The first-order valence-electron chi connectivity index (χ1n) is 7.97. The maximum absolute atomic E-state index is 11.0. The molecule has 2 aromatic heterocycles. The number of nitrogens with one attached hydrogen (secondary N) is 1. The summed E-state index contributed by atoms with van der Waals surface area (Å²) in [4.78, 5) is 11.0. The van der Waals surface area contributed by atoms with E-state index >= 15 is 0 Å². The van der Waals surface area contributed by atoms with Crippen molar-refractivity contribution in [1.29, 1.82) is 0 Å². The molecule has 0 fully saturated rings. The molecule has 3 N–H and O–H groups in total. The van der Waals surface area contributed by atoms with E-state index in [4.69, 9.17) is 5.73 Å². The van der Waals surface area contributed by atoms with Crippen molar-refractivity contribution < 1.29 is 4.79 Å². The van der Waals surface area contributed by atoms with Crippen molar-refractivity contribution in [1.82, 2.24) is 20.0 Å². The Hall–Kier alpha value is -3.22. The Bertz CT molecular complexity index is 883. The smallest absolute Gasteiger partial charge is 0.269 e. The average Bonchev–Trinajstić information content (AvgIpc) is 2.94. The molecule has 128 valence electrons. The third-order valence-corrected chi connectivity index (χ3v) is 3.93. The SMILES string of the molecule is Cc1cc(C)n(-c2ccc([C@@H](C)Nc3ccc(C(N)=O)nn3)cc2)n1. The van der Waals surface area contributed by atoms with Crippen molar-refractivity contribution in [3.8, 4) is 5.69 Å². The maximum atomic E-state index is 11.0. The first-order valence-corrected chi connectivity index (χ1v) is 7.97. The quantitative estimate of drug-likeness (QED) is 0.746. The summed E-state index contributed by atoms with van der Waals surface area (Å²) < 4.78 is 1.92. The molecule has 3 aromatic rings. The number of aromatic nitrogens is 4. The number of aryl methyl sites for hydroxylation is 2. The summed E-state index contributed by atoms with van der Waals surface area (Å²) >= 11 is 0. The van der Waals surface area contributed by atoms with Crippen LogP contribution in [0, 0.1) is 13.8 Å². The van der Waals surface area contributed by atoms with E-state index in [0.29, 0.717) is 5.82 Å². The molecule has 0 unspecified atom stereocenters. The Morgan fingerprint density at radius 1 is 1.12 bits per heavy atom. The fourth-order valence-corrected chi connectivity index (χ4v) is 2.64. The molecule has 0 aliphatic heterocycles. The van der Waals surface area contributed by atoms with Gasteiger partial charge in [0.05, 0.1) is 17.4 Å². The van der Waals surface area contributed by atoms with Crippen molar-refractivity contribution in [3.05, 3.63) is 65.1 Å². The van der Waals surface area contributed by atoms with Gasteiger partial charge in [-0.2, -0.15) is 5.10 Å². The second kappa shape index (κ2) is 6.72. The van der Waals surface area contributed by atoms with Crippen LogP contribution >= 0.6 is 0 Å². The molecule has 0 spiro atoms. The Morgan fingerprint density at radius 3 is 2.36 bits per heavy atom. The molecular formula is C18H20N6O. The summed E-state index contributed by atoms with van der Waals surface area (Å²) in [6, 6.07) is 13.5. The number of hydrogen-bond donors (Lipinski definition) is 2. The zero-order valence-electron chi connectivity index (χ0n) is 14.4. The molecule has 7 heteroatoms. The van der Waals surface area contributed by atoms with E-state index in [0.717, 1.165) is 22.6 Å². The number of amides is 1. The van der Waals surface area contributed by atoms with Crippen LogP contribution in [0.25, 0.3) is 5.69 Å². The van der Waals surface area contributed by atoms with E-state index in [-0.39, 0.29) is 11.7 Å². The number of rotatable bonds is 5. The Morgan fingerprint density at radius 2 is 1.84 bits per heavy atom. The van der Waals surface area contributed by atoms with Crippen molar-refractivity contribution in [2.45, 2.75) is 26.8 Å². The van der Waals surface area contributed by atoms with E-state index in [1.807, 2.05) is 43.7 Å². The second-order valence-electron chi connectivity index (χ2n) is 5.96. The summed E-state index contributed by atoms with van der Waals surface area (Å²) in [7, 11) is 0. The molecule has 0 aliphatic rings. The molecule has 2 heterocycles. The van der Waals surface area contributed by atoms with E-state index in [9.17, 15) is 4.79 Å². The lowest BCUT2D eigenvalue weighted by Crippen LogP contribution is -2.15. The number of benzene rings is 1. The van der Waals surface area contributed by atoms with Gasteiger partial charge in [-0.15, -0.1) is 10.2 Å². The van der Waals surface area contributed by atoms with E-state index in [1.165, 1.54) is 0 Å². The van der Waals surface area contributed by atoms with Gasteiger partial charge in [0.25, 0.3) is 5.91 Å². The highest BCUT2D eigenvalue weighted by molar-refractivity contribution is 5.90. The van der Waals surface area contributed by atoms with Gasteiger partial charge in [-0.25, -0.2) is 4.68 Å². The Labute approximate surface area is 145 Å². The van der Waals surface area contributed by atoms with Gasteiger partial charge < -0.3 is 11.1 Å². The summed E-state index contributed by atoms with van der Waals surface area (Å²) in [5.41, 5.74) is 9.52. The molecule has 0 saturated carbocycles. The normalized spacial score (nSPS) is 12.0. The van der Waals surface area contributed by atoms with Gasteiger partial charge in [-0.3, -0.25) is 4.79 Å². The van der Waals surface area contributed by atoms with Crippen molar-refractivity contribution in [2.24, 2.45) is 5.73 Å². The second-order valence-corrected chi connectivity index (χ2v) is 5.96. The summed E-state index contributed by atoms with van der Waals surface area (Å²) in [5, 5.41) is 15.5. The van der Waals surface area contributed by atoms with Gasteiger partial charge in [-0.05, 0) is 56.7 Å². The van der Waals surface area contributed by atoms with Crippen LogP contribution in [0.5, 0.6) is 0 Å². The summed E-state index contributed by atoms with van der Waals surface area (Å²) in [5.74, 6) is -0.00744. The predicted molar refractivity (Wildman–Crippen MR) is 95.6 cm³/mol. The van der Waals surface area contributed by atoms with Gasteiger partial charge in [0.2, 0.25) is 0 Å². The topological polar surface area (TPSA) is 98.7 Å². The van der Waals surface area contributed by atoms with Crippen LogP contribution in [0.15, 0.2) is 42.5 Å². The summed E-state index contributed by atoms with van der Waals surface area (Å²) in [6.07, 6.45) is 0. The third-order valence-electron chi connectivity index (χ3n) is 3.93. The minimum atomic E-state index is -0.591. The van der Waals surface area contributed by atoms with Crippen molar-refractivity contribution in [2.75, 3.05) is 5.32 Å². The van der Waals surface area contributed by atoms with Gasteiger partial charge in [0.1, 0.15) is 5.82 Å². The van der Waals surface area contributed by atoms with Gasteiger partial charge in [0, 0.05) is 5.69 Å². The first kappa shape index (κ1) is 16.6. The number of nitrogens with zero attached hydrogens (tertiary/aromatic N) is 4. The van der Waals surface area contributed by atoms with Gasteiger partial charge >= 0.3 is 0 Å². The third kappa shape index (κ3) is 3.65. The van der Waals surface area contributed by atoms with Crippen LogP contribution in [0.2, 0.25) is 0 Å². The minimum absolute atomic E-state index is 0.0308. The zero-order valence-corrected chi connectivity index (χ0v) is 14.4. The molecule has 7 nitrogen and oxygen atoms in total. The molecule has 0 radical (unpaired) electrons. The zero-order chi connectivity index (χ0) is 18.0. The van der Waals surface area contributed by atoms with Crippen LogP contribution in [0.4, 0.5) is 5.82 Å². The molecule has 0 aliphatic carbocycles. The first-order chi connectivity index (χ1) is 11.9. The van der Waals surface area contributed by atoms with E-state index < -0.39 is 5.91 Å². The number of carbonyl (C=O) groups is 1. The average molecular weight is 336 g/mol. The van der Waals surface area contributed by atoms with Crippen LogP contribution in [-0.4, -0.2) is 25.9 Å². The fourth-order valence-electron chi connectivity index (χ4n) is 2.64. The molecule has 25 heavy (non-hydrogen) atoms. The fraction of sp³-hybridized carbons (Fsp3) is 0.222. The Balaban J connectivity index is 1.73. The molecule has 3 rings (SSSR count). The highest BCUT2D eigenvalue weighted by Gasteiger charge is 2.09. The van der Waals surface area contributed by atoms with Gasteiger partial charge in [-0.1, -0.05) is 12.1 Å². The lowest BCUT2D eigenvalue weighted by molar-refractivity contribution is 0.0994. The maximum Gasteiger partial charge on any atom is 0.269 e. The molecule has 1 aromatic carbocycles. The lowest BCUT2D eigenvalue weighted by atomic mass is 10.1. The van der Waals surface area contributed by atoms with Crippen LogP contribution < -0.4 is 11.1 Å². The number of nitrogens with two attached hydrogens (primary N) is 1. The predicted octanol–water partition coefficient (Wildman–Crippen LogP) is 2.55. The van der Waals surface area contributed by atoms with Crippen LogP contribution in [0.1, 0.15) is 40.4 Å². The van der Waals surface area contributed by atoms with Crippen LogP contribution in [-0.2, 0) is 0 Å². The van der Waals surface area contributed by atoms with E-state index in [2.05, 4.69) is 32.7 Å². The van der Waals surface area contributed by atoms with Crippen molar-refractivity contribution >= 4 is 11.7 Å². The monoisotopic (exact) mass is 336 g/mol. The minimum Gasteiger partial charge on any atom is -0.364 e. The largest absolute Gasteiger partial charge is 0.364 e. The molecule has 0 bridgehead atoms. The Kier molecular flexibility index (Phi) is 4.47. The highest BCUT2D eigenvalue weighted by Crippen LogP contribution is 2.20. The number of anilines is 1. The number of hydrogen-bond acceptors (Lipinski definition) is 5.